The van der Waals surface area contributed by atoms with Crippen molar-refractivity contribution in [3.63, 3.8) is 0 Å². The Labute approximate surface area is 212 Å². The quantitative estimate of drug-likeness (QED) is 0.284. The summed E-state index contributed by atoms with van der Waals surface area (Å²) in [5, 5.41) is 12.7. The fraction of sp³-hybridized carbons (Fsp3) is 0.227. The van der Waals surface area contributed by atoms with Gasteiger partial charge in [0.2, 0.25) is 0 Å². The van der Waals surface area contributed by atoms with Gasteiger partial charge in [-0.3, -0.25) is 0 Å². The number of nitrogens with zero attached hydrogens (tertiary/aromatic N) is 4. The van der Waals surface area contributed by atoms with Crippen molar-refractivity contribution >= 4 is 44.4 Å². The van der Waals surface area contributed by atoms with Gasteiger partial charge in [0.25, 0.3) is 0 Å². The lowest BCUT2D eigenvalue weighted by Crippen LogP contribution is -2.28. The third kappa shape index (κ3) is 4.14. The maximum atomic E-state index is 13.6. The molecule has 0 aliphatic heterocycles. The molecule has 0 radical (unpaired) electrons. The summed E-state index contributed by atoms with van der Waals surface area (Å²) in [6.45, 7) is 0. The third-order valence-corrected chi connectivity index (χ3v) is 8.57. The molecule has 1 aliphatic carbocycles. The van der Waals surface area contributed by atoms with E-state index >= 15 is 0 Å². The third-order valence-electron chi connectivity index (χ3n) is 5.74. The summed E-state index contributed by atoms with van der Waals surface area (Å²) < 4.78 is 68.4. The first kappa shape index (κ1) is 24.2. The van der Waals surface area contributed by atoms with E-state index in [0.717, 1.165) is 6.26 Å². The number of alkyl halides is 3. The largest absolute Gasteiger partial charge is 0.400 e. The number of hydrogen-bond donors (Lipinski definition) is 0. The fourth-order valence-corrected chi connectivity index (χ4v) is 6.36. The smallest absolute Gasteiger partial charge is 0.229 e. The van der Waals surface area contributed by atoms with Crippen molar-refractivity contribution in [3.8, 4) is 27.6 Å². The van der Waals surface area contributed by atoms with E-state index < -0.39 is 21.4 Å². The van der Waals surface area contributed by atoms with Crippen LogP contribution in [0.15, 0.2) is 53.4 Å². The highest BCUT2D eigenvalue weighted by Gasteiger charge is 2.66. The van der Waals surface area contributed by atoms with Crippen molar-refractivity contribution in [1.29, 1.82) is 0 Å². The lowest BCUT2D eigenvalue weighted by Gasteiger charge is -2.15. The number of hydrogen-bond acceptors (Lipinski definition) is 6. The predicted molar refractivity (Wildman–Crippen MR) is 128 cm³/mol. The normalized spacial score (nSPS) is 15.4. The number of rotatable bonds is 5. The molecule has 1 saturated carbocycles. The van der Waals surface area contributed by atoms with Crippen LogP contribution in [0.2, 0.25) is 10.0 Å². The molecule has 2 heterocycles. The summed E-state index contributed by atoms with van der Waals surface area (Å²) >= 11 is 13.1. The first-order chi connectivity index (χ1) is 16.4. The van der Waals surface area contributed by atoms with Crippen LogP contribution in [0, 0.1) is 0 Å². The lowest BCUT2D eigenvalue weighted by molar-refractivity contribution is -0.160. The lowest BCUT2D eigenvalue weighted by atomic mass is 10.1. The minimum absolute atomic E-state index is 0.0306. The number of aromatic nitrogens is 4. The number of sulfone groups is 1. The molecule has 0 unspecified atom stereocenters. The van der Waals surface area contributed by atoms with Crippen LogP contribution in [0.4, 0.5) is 13.2 Å². The van der Waals surface area contributed by atoms with E-state index in [0.29, 0.717) is 32.6 Å². The summed E-state index contributed by atoms with van der Waals surface area (Å²) in [5.74, 6) is 0. The molecule has 1 aliphatic rings. The van der Waals surface area contributed by atoms with Gasteiger partial charge >= 0.3 is 6.18 Å². The van der Waals surface area contributed by atoms with Gasteiger partial charge in [-0.1, -0.05) is 58.8 Å². The van der Waals surface area contributed by atoms with E-state index in [1.54, 1.807) is 48.5 Å². The number of benzene rings is 2. The van der Waals surface area contributed by atoms with Gasteiger partial charge in [-0.2, -0.15) is 18.3 Å². The first-order valence-corrected chi connectivity index (χ1v) is 13.6. The number of para-hydroxylation sites is 1. The highest BCUT2D eigenvalue weighted by atomic mass is 35.5. The van der Waals surface area contributed by atoms with Crippen LogP contribution < -0.4 is 0 Å². The average Bonchev–Trinajstić information content (AvgIpc) is 3.29. The summed E-state index contributed by atoms with van der Waals surface area (Å²) in [7, 11) is -3.95. The van der Waals surface area contributed by atoms with Crippen molar-refractivity contribution in [1.82, 2.24) is 20.0 Å². The monoisotopic (exact) mass is 558 g/mol. The summed E-state index contributed by atoms with van der Waals surface area (Å²) in [6.07, 6.45) is -3.65. The first-order valence-electron chi connectivity index (χ1n) is 10.2. The summed E-state index contributed by atoms with van der Waals surface area (Å²) in [6, 6.07) is 13.1. The second-order valence-electron chi connectivity index (χ2n) is 8.16. The van der Waals surface area contributed by atoms with Gasteiger partial charge in [0.15, 0.2) is 14.8 Å². The van der Waals surface area contributed by atoms with E-state index in [4.69, 9.17) is 23.2 Å². The van der Waals surface area contributed by atoms with Crippen LogP contribution >= 0.6 is 34.5 Å². The van der Waals surface area contributed by atoms with Gasteiger partial charge in [0, 0.05) is 16.8 Å². The van der Waals surface area contributed by atoms with Crippen molar-refractivity contribution in [3.05, 3.63) is 63.6 Å². The van der Waals surface area contributed by atoms with Gasteiger partial charge < -0.3 is 0 Å². The van der Waals surface area contributed by atoms with Crippen LogP contribution in [-0.2, 0) is 15.3 Å². The van der Waals surface area contributed by atoms with Crippen LogP contribution in [0.3, 0.4) is 0 Å². The molecule has 0 N–H and O–H groups in total. The Balaban J connectivity index is 1.80. The topological polar surface area (TPSA) is 77.7 Å². The van der Waals surface area contributed by atoms with E-state index in [2.05, 4.69) is 15.3 Å². The SMILES string of the molecule is CS(=O)(=O)c1c(-c2nnc(C3(C(F)(F)F)CC3)s2)nn(-c2ccccc2Cl)c1-c1ccc(Cl)cc1. The van der Waals surface area contributed by atoms with E-state index in [9.17, 15) is 21.6 Å². The predicted octanol–water partition coefficient (Wildman–Crippen LogP) is 6.36. The Kier molecular flexibility index (Phi) is 5.74. The van der Waals surface area contributed by atoms with Crippen molar-refractivity contribution in [2.45, 2.75) is 29.3 Å². The molecule has 1 fully saturated rings. The van der Waals surface area contributed by atoms with Crippen LogP contribution in [0.25, 0.3) is 27.6 Å². The molecule has 182 valence electrons. The Morgan fingerprint density at radius 3 is 2.26 bits per heavy atom. The standard InChI is InChI=1S/C22H15Cl2F3N4O2S2/c1-35(32,33)18-16(19-28-29-20(34-19)21(10-11-21)22(25,26)27)30-31(15-5-3-2-4-14(15)24)17(18)12-6-8-13(23)9-7-12/h2-9H,10-11H2,1H3. The van der Waals surface area contributed by atoms with Crippen LogP contribution in [-0.4, -0.2) is 40.8 Å². The molecule has 0 spiro atoms. The van der Waals surface area contributed by atoms with Gasteiger partial charge in [-0.25, -0.2) is 13.1 Å². The average molecular weight is 559 g/mol. The summed E-state index contributed by atoms with van der Waals surface area (Å²) in [5.41, 5.74) is -1.11. The summed E-state index contributed by atoms with van der Waals surface area (Å²) in [4.78, 5) is -0.195. The highest BCUT2D eigenvalue weighted by Crippen LogP contribution is 2.60. The van der Waals surface area contributed by atoms with Gasteiger partial charge in [0.05, 0.1) is 16.4 Å². The zero-order valence-electron chi connectivity index (χ0n) is 17.8. The Morgan fingerprint density at radius 1 is 1.03 bits per heavy atom. The van der Waals surface area contributed by atoms with Gasteiger partial charge in [-0.15, -0.1) is 10.2 Å². The zero-order valence-corrected chi connectivity index (χ0v) is 21.0. The van der Waals surface area contributed by atoms with Crippen molar-refractivity contribution < 1.29 is 21.6 Å². The minimum Gasteiger partial charge on any atom is -0.229 e. The van der Waals surface area contributed by atoms with Crippen molar-refractivity contribution in [2.75, 3.05) is 6.26 Å². The molecular weight excluding hydrogens is 544 g/mol. The second kappa shape index (κ2) is 8.29. The highest BCUT2D eigenvalue weighted by molar-refractivity contribution is 7.91. The molecule has 2 aromatic carbocycles. The van der Waals surface area contributed by atoms with Gasteiger partial charge in [0.1, 0.15) is 21.0 Å². The van der Waals surface area contributed by atoms with E-state index in [-0.39, 0.29) is 39.1 Å². The Hall–Kier alpha value is -2.47. The van der Waals surface area contributed by atoms with Crippen molar-refractivity contribution in [2.24, 2.45) is 0 Å². The van der Waals surface area contributed by atoms with E-state index in [1.807, 2.05) is 0 Å². The fourth-order valence-electron chi connectivity index (χ4n) is 3.81. The van der Waals surface area contributed by atoms with Gasteiger partial charge in [-0.05, 0) is 37.1 Å². The molecule has 13 heteroatoms. The zero-order chi connectivity index (χ0) is 25.2. The molecule has 5 rings (SSSR count). The molecule has 0 amide bonds. The molecule has 0 atom stereocenters. The molecule has 6 nitrogen and oxygen atoms in total. The Bertz CT molecular complexity index is 1540. The molecule has 0 saturated heterocycles. The maximum absolute atomic E-state index is 13.6. The molecule has 4 aromatic rings. The second-order valence-corrected chi connectivity index (χ2v) is 11.9. The van der Waals surface area contributed by atoms with Crippen LogP contribution in [0.5, 0.6) is 0 Å². The van der Waals surface area contributed by atoms with E-state index in [1.165, 1.54) is 4.68 Å². The molecule has 2 aromatic heterocycles. The molecule has 0 bridgehead atoms. The van der Waals surface area contributed by atoms with Crippen LogP contribution in [0.1, 0.15) is 17.8 Å². The number of halogens is 5. The molecule has 35 heavy (non-hydrogen) atoms. The Morgan fingerprint density at radius 2 is 1.69 bits per heavy atom. The minimum atomic E-state index is -4.48. The maximum Gasteiger partial charge on any atom is 0.400 e. The molecular formula is C22H15Cl2F3N4O2S2.